The van der Waals surface area contributed by atoms with E-state index in [1.807, 2.05) is 0 Å². The van der Waals surface area contributed by atoms with Crippen LogP contribution < -0.4 is 10.6 Å². The number of aromatic nitrogens is 2. The molecule has 10 rings (SSSR count). The lowest BCUT2D eigenvalue weighted by atomic mass is 9.90. The number of H-pyrrole nitrogens is 2. The molecule has 6 heterocycles. The van der Waals surface area contributed by atoms with E-state index in [0.717, 1.165) is 70.6 Å². The molecule has 10 heteroatoms. The molecule has 2 fully saturated rings. The average molecular weight is 729 g/mol. The molecule has 54 heavy (non-hydrogen) atoms. The highest BCUT2D eigenvalue weighted by atomic mass is 19.1. The molecule has 2 atom stereocenters. The molecule has 0 bridgehead atoms. The lowest BCUT2D eigenvalue weighted by molar-refractivity contribution is 0.0738. The lowest BCUT2D eigenvalue weighted by Gasteiger charge is -2.23. The number of halogens is 2. The van der Waals surface area contributed by atoms with Crippen molar-refractivity contribution in [3.8, 4) is 22.5 Å². The van der Waals surface area contributed by atoms with Gasteiger partial charge in [0, 0.05) is 57.1 Å². The van der Waals surface area contributed by atoms with Gasteiger partial charge in [0.2, 0.25) is 0 Å². The number of ether oxygens (including phenoxy) is 2. The molecule has 8 nitrogen and oxygen atoms in total. The molecule has 4 aliphatic heterocycles. The Hall–Kier alpha value is -5.00. The summed E-state index contributed by atoms with van der Waals surface area (Å²) in [5.74, 6) is -0.0650. The van der Waals surface area contributed by atoms with Crippen molar-refractivity contribution in [2.45, 2.75) is 50.7 Å². The fourth-order valence-electron chi connectivity index (χ4n) is 8.72. The van der Waals surface area contributed by atoms with E-state index >= 15 is 0 Å². The molecule has 4 aliphatic rings. The summed E-state index contributed by atoms with van der Waals surface area (Å²) in [5.41, 5.74) is 10.5. The molecule has 0 spiro atoms. The topological polar surface area (TPSA) is 108 Å². The van der Waals surface area contributed by atoms with Crippen LogP contribution in [0.15, 0.2) is 72.8 Å². The van der Waals surface area contributed by atoms with Crippen molar-refractivity contribution in [1.82, 2.24) is 20.6 Å². The van der Waals surface area contributed by atoms with Crippen LogP contribution in [0.5, 0.6) is 0 Å². The van der Waals surface area contributed by atoms with E-state index in [4.69, 9.17) is 9.47 Å². The first-order valence-electron chi connectivity index (χ1n) is 18.9. The Balaban J connectivity index is 0.000000142. The van der Waals surface area contributed by atoms with Gasteiger partial charge in [0.1, 0.15) is 24.8 Å². The number of carbonyl (C=O) groups is 2. The first-order valence-corrected chi connectivity index (χ1v) is 18.9. The molecule has 6 aromatic rings. The van der Waals surface area contributed by atoms with Crippen molar-refractivity contribution in [1.29, 1.82) is 0 Å². The number of hydrogen-bond acceptors (Lipinski definition) is 6. The zero-order valence-corrected chi connectivity index (χ0v) is 30.0. The van der Waals surface area contributed by atoms with E-state index in [2.05, 4.69) is 69.1 Å². The van der Waals surface area contributed by atoms with Gasteiger partial charge in [0.05, 0.1) is 24.6 Å². The highest BCUT2D eigenvalue weighted by Gasteiger charge is 2.26. The standard InChI is InChI=1S/2C22H21FN2O2/c2*23-16-8-17-20(26)12-27-11-18-21(17)19(9-16)25-22(18)14-5-3-13(4-6-14)15-2-1-7-24-10-15/h2*3-6,8-9,15,24-25H,1-2,7,10-12H2/t2*15-/m10/s1. The maximum Gasteiger partial charge on any atom is 0.189 e. The second-order valence-corrected chi connectivity index (χ2v) is 14.9. The van der Waals surface area contributed by atoms with E-state index in [1.54, 1.807) is 0 Å². The smallest absolute Gasteiger partial charge is 0.189 e. The number of piperidine rings is 2. The van der Waals surface area contributed by atoms with E-state index in [0.29, 0.717) is 47.2 Å². The van der Waals surface area contributed by atoms with Gasteiger partial charge >= 0.3 is 0 Å². The fourth-order valence-corrected chi connectivity index (χ4v) is 8.72. The van der Waals surface area contributed by atoms with Crippen molar-refractivity contribution in [2.75, 3.05) is 39.4 Å². The van der Waals surface area contributed by atoms with Crippen molar-refractivity contribution >= 4 is 33.4 Å². The summed E-state index contributed by atoms with van der Waals surface area (Å²) < 4.78 is 39.1. The van der Waals surface area contributed by atoms with Gasteiger partial charge in [-0.15, -0.1) is 0 Å². The lowest BCUT2D eigenvalue weighted by Crippen LogP contribution is -2.28. The quantitative estimate of drug-likeness (QED) is 0.146. The maximum absolute atomic E-state index is 14.0. The fraction of sp³-hybridized carbons (Fsp3) is 0.318. The van der Waals surface area contributed by atoms with Crippen LogP contribution in [-0.2, 0) is 22.7 Å². The zero-order valence-electron chi connectivity index (χ0n) is 30.0. The summed E-state index contributed by atoms with van der Waals surface area (Å²) in [5, 5.41) is 8.48. The normalized spacial score (nSPS) is 20.0. The van der Waals surface area contributed by atoms with Crippen LogP contribution in [0.4, 0.5) is 8.78 Å². The van der Waals surface area contributed by atoms with Crippen molar-refractivity contribution in [3.05, 3.63) is 118 Å². The van der Waals surface area contributed by atoms with E-state index in [9.17, 15) is 18.4 Å². The van der Waals surface area contributed by atoms with E-state index in [1.165, 1.54) is 61.1 Å². The SMILES string of the molecule is O=C1COCc2c(-c3ccc([C@@H]4CCCNC4)cc3)[nH]c3cc(F)cc1c23.O=C1COCc2c(-c3ccc([C@H]4CCCNC4)cc3)[nH]c3cc(F)cc1c23. The number of aromatic amines is 2. The molecule has 2 saturated heterocycles. The minimum atomic E-state index is -0.410. The Morgan fingerprint density at radius 2 is 0.981 bits per heavy atom. The number of ketones is 2. The number of Topliss-reactive ketones (excluding diaryl/α,β-unsaturated/α-hetero) is 2. The predicted molar refractivity (Wildman–Crippen MR) is 205 cm³/mol. The van der Waals surface area contributed by atoms with Gasteiger partial charge in [0.15, 0.2) is 11.6 Å². The van der Waals surface area contributed by atoms with Gasteiger partial charge in [0.25, 0.3) is 0 Å². The molecular formula is C44H42F2N4O4. The third-order valence-corrected chi connectivity index (χ3v) is 11.4. The van der Waals surface area contributed by atoms with Gasteiger partial charge in [-0.2, -0.15) is 0 Å². The Kier molecular flexibility index (Phi) is 9.44. The minimum Gasteiger partial charge on any atom is -0.369 e. The Morgan fingerprint density at radius 1 is 0.556 bits per heavy atom. The second-order valence-electron chi connectivity index (χ2n) is 14.9. The van der Waals surface area contributed by atoms with Crippen LogP contribution in [0, 0.1) is 11.6 Å². The molecule has 0 radical (unpaired) electrons. The van der Waals surface area contributed by atoms with Crippen LogP contribution in [0.25, 0.3) is 44.3 Å². The molecule has 0 saturated carbocycles. The summed E-state index contributed by atoms with van der Waals surface area (Å²) in [6.07, 6.45) is 4.84. The van der Waals surface area contributed by atoms with Crippen LogP contribution in [0.3, 0.4) is 0 Å². The number of carbonyl (C=O) groups excluding carboxylic acids is 2. The average Bonchev–Trinajstić information content (AvgIpc) is 3.64. The number of hydrogen-bond donors (Lipinski definition) is 4. The number of rotatable bonds is 4. The van der Waals surface area contributed by atoms with Gasteiger partial charge in [-0.1, -0.05) is 48.5 Å². The summed E-state index contributed by atoms with van der Waals surface area (Å²) in [6.45, 7) is 4.91. The van der Waals surface area contributed by atoms with Crippen LogP contribution in [-0.4, -0.2) is 60.9 Å². The number of benzene rings is 4. The van der Waals surface area contributed by atoms with Crippen molar-refractivity contribution < 1.29 is 27.8 Å². The molecule has 276 valence electrons. The van der Waals surface area contributed by atoms with Gasteiger partial charge in [-0.25, -0.2) is 8.78 Å². The van der Waals surface area contributed by atoms with Crippen LogP contribution in [0.1, 0.15) is 80.5 Å². The molecule has 0 amide bonds. The molecular weight excluding hydrogens is 687 g/mol. The van der Waals surface area contributed by atoms with Crippen LogP contribution in [0.2, 0.25) is 0 Å². The second kappa shape index (κ2) is 14.7. The highest BCUT2D eigenvalue weighted by molar-refractivity contribution is 6.12. The molecule has 4 aromatic carbocycles. The van der Waals surface area contributed by atoms with Crippen LogP contribution >= 0.6 is 0 Å². The summed E-state index contributed by atoms with van der Waals surface area (Å²) >= 11 is 0. The Labute approximate surface area is 311 Å². The monoisotopic (exact) mass is 728 g/mol. The predicted octanol–water partition coefficient (Wildman–Crippen LogP) is 8.31. The first kappa shape index (κ1) is 34.7. The van der Waals surface area contributed by atoms with E-state index < -0.39 is 11.6 Å². The highest BCUT2D eigenvalue weighted by Crippen LogP contribution is 2.38. The Morgan fingerprint density at radius 3 is 1.37 bits per heavy atom. The largest absolute Gasteiger partial charge is 0.369 e. The maximum atomic E-state index is 14.0. The van der Waals surface area contributed by atoms with Gasteiger partial charge in [-0.05, 0) is 97.1 Å². The molecule has 4 N–H and O–H groups in total. The molecule has 0 aliphatic carbocycles. The summed E-state index contributed by atoms with van der Waals surface area (Å²) in [4.78, 5) is 31.2. The number of nitrogens with one attached hydrogen (secondary N) is 4. The summed E-state index contributed by atoms with van der Waals surface area (Å²) in [7, 11) is 0. The van der Waals surface area contributed by atoms with Gasteiger partial charge in [-0.3, -0.25) is 9.59 Å². The molecule has 0 unspecified atom stereocenters. The molecule has 2 aromatic heterocycles. The summed E-state index contributed by atoms with van der Waals surface area (Å²) in [6, 6.07) is 22.7. The van der Waals surface area contributed by atoms with Crippen molar-refractivity contribution in [3.63, 3.8) is 0 Å². The van der Waals surface area contributed by atoms with Crippen molar-refractivity contribution in [2.24, 2.45) is 0 Å². The van der Waals surface area contributed by atoms with Gasteiger partial charge < -0.3 is 30.1 Å². The minimum absolute atomic E-state index is 0.0136. The van der Waals surface area contributed by atoms with E-state index in [-0.39, 0.29) is 24.8 Å². The first-order chi connectivity index (χ1) is 26.4. The zero-order chi connectivity index (χ0) is 36.8. The third-order valence-electron chi connectivity index (χ3n) is 11.4. The third kappa shape index (κ3) is 6.57. The Bertz CT molecular complexity index is 2200.